The third-order valence-corrected chi connectivity index (χ3v) is 3.17. The van der Waals surface area contributed by atoms with Crippen LogP contribution in [0.3, 0.4) is 0 Å². The third-order valence-electron chi connectivity index (χ3n) is 1.76. The monoisotopic (exact) mass is 193 g/mol. The second kappa shape index (κ2) is 4.08. The summed E-state index contributed by atoms with van der Waals surface area (Å²) < 4.78 is 0. The van der Waals surface area contributed by atoms with Gasteiger partial charge in [0.05, 0.1) is 12.4 Å². The lowest BCUT2D eigenvalue weighted by atomic mass is 10.3. The van der Waals surface area contributed by atoms with Crippen molar-refractivity contribution in [2.24, 2.45) is 0 Å². The molecule has 5 nitrogen and oxygen atoms in total. The van der Waals surface area contributed by atoms with Gasteiger partial charge in [-0.3, -0.25) is 0 Å². The second-order valence-corrected chi connectivity index (χ2v) is 3.88. The van der Waals surface area contributed by atoms with Crippen molar-refractivity contribution in [3.05, 3.63) is 0 Å². The van der Waals surface area contributed by atoms with Crippen LogP contribution in [0, 0.1) is 0 Å². The van der Waals surface area contributed by atoms with E-state index in [-0.39, 0.29) is 12.0 Å². The van der Waals surface area contributed by atoms with E-state index >= 15 is 0 Å². The average molecular weight is 193 g/mol. The first kappa shape index (κ1) is 9.79. The van der Waals surface area contributed by atoms with E-state index in [9.17, 15) is 9.90 Å². The molecule has 0 amide bonds. The molecule has 1 aliphatic heterocycles. The quantitative estimate of drug-likeness (QED) is 0.425. The van der Waals surface area contributed by atoms with Crippen LogP contribution in [0.25, 0.3) is 0 Å². The molecule has 0 radical (unpaired) electrons. The number of aliphatic hydroxyl groups is 2. The van der Waals surface area contributed by atoms with Gasteiger partial charge in [0.25, 0.3) is 0 Å². The number of carboxylic acids is 1. The van der Waals surface area contributed by atoms with Crippen LogP contribution in [-0.2, 0) is 4.79 Å². The number of carbonyl (C=O) groups excluding carboxylic acids is 1. The normalized spacial score (nSPS) is 31.8. The number of thioether (sulfide) groups is 1. The molecular weight excluding hydrogens is 182 g/mol. The van der Waals surface area contributed by atoms with E-state index < -0.39 is 18.1 Å². The summed E-state index contributed by atoms with van der Waals surface area (Å²) in [4.78, 5) is 10.4. The molecule has 0 unspecified atom stereocenters. The minimum Gasteiger partial charge on any atom is -0.544 e. The molecule has 12 heavy (non-hydrogen) atoms. The minimum absolute atomic E-state index is 0.280. The van der Waals surface area contributed by atoms with Gasteiger partial charge in [0.15, 0.2) is 5.37 Å². The maximum atomic E-state index is 10.4. The number of aliphatic hydroxyl groups excluding tert-OH is 2. The van der Waals surface area contributed by atoms with Crippen molar-refractivity contribution in [3.63, 3.8) is 0 Å². The molecule has 0 aromatic heterocycles. The Kier molecular flexibility index (Phi) is 3.33. The topological polar surface area (TPSA) is 97.2 Å². The molecule has 0 spiro atoms. The van der Waals surface area contributed by atoms with E-state index in [1.54, 1.807) is 0 Å². The summed E-state index contributed by atoms with van der Waals surface area (Å²) in [6.45, 7) is -0.339. The summed E-state index contributed by atoms with van der Waals surface area (Å²) in [5.74, 6) is -0.695. The number of nitrogens with two attached hydrogens (primary N) is 1. The largest absolute Gasteiger partial charge is 0.544 e. The Morgan fingerprint density at radius 1 is 1.83 bits per heavy atom. The molecule has 1 aliphatic rings. The summed E-state index contributed by atoms with van der Waals surface area (Å²) >= 11 is 1.33. The van der Waals surface area contributed by atoms with Gasteiger partial charge in [-0.05, 0) is 0 Å². The highest BCUT2D eigenvalue weighted by atomic mass is 32.2. The van der Waals surface area contributed by atoms with Crippen molar-refractivity contribution >= 4 is 17.7 Å². The zero-order valence-corrected chi connectivity index (χ0v) is 7.16. The summed E-state index contributed by atoms with van der Waals surface area (Å²) in [5.41, 5.74) is 0. The van der Waals surface area contributed by atoms with Crippen LogP contribution in [0.15, 0.2) is 0 Å². The van der Waals surface area contributed by atoms with Crippen molar-refractivity contribution in [1.82, 2.24) is 0 Å². The van der Waals surface area contributed by atoms with Crippen LogP contribution in [0.1, 0.15) is 0 Å². The van der Waals surface area contributed by atoms with Gasteiger partial charge in [0.1, 0.15) is 18.1 Å². The van der Waals surface area contributed by atoms with Gasteiger partial charge in [0, 0.05) is 0 Å². The molecule has 1 saturated heterocycles. The van der Waals surface area contributed by atoms with E-state index in [4.69, 9.17) is 10.2 Å². The number of hydrogen-bond acceptors (Lipinski definition) is 5. The maximum Gasteiger partial charge on any atom is 0.162 e. The summed E-state index contributed by atoms with van der Waals surface area (Å²) in [6, 6.07) is -0.596. The molecule has 70 valence electrons. The lowest BCUT2D eigenvalue weighted by molar-refractivity contribution is -0.690. The molecule has 1 heterocycles. The molecule has 0 bridgehead atoms. The van der Waals surface area contributed by atoms with Gasteiger partial charge in [-0.1, -0.05) is 11.8 Å². The molecule has 1 fully saturated rings. The number of hydrogen-bond donors (Lipinski definition) is 3. The molecule has 0 saturated carbocycles. The smallest absolute Gasteiger partial charge is 0.162 e. The highest BCUT2D eigenvalue weighted by Gasteiger charge is 2.34. The summed E-state index contributed by atoms with van der Waals surface area (Å²) in [6.07, 6.45) is -0.862. The number of quaternary nitrogens is 1. The van der Waals surface area contributed by atoms with Crippen LogP contribution in [0.4, 0.5) is 0 Å². The first-order chi connectivity index (χ1) is 5.65. The fourth-order valence-electron chi connectivity index (χ4n) is 1.04. The van der Waals surface area contributed by atoms with Crippen LogP contribution in [0.2, 0.25) is 0 Å². The number of carboxylic acid groups (broad SMARTS) is 1. The average Bonchev–Trinajstić information content (AvgIpc) is 2.51. The van der Waals surface area contributed by atoms with E-state index in [2.05, 4.69) is 0 Å². The fraction of sp³-hybridized carbons (Fsp3) is 0.833. The first-order valence-corrected chi connectivity index (χ1v) is 4.66. The first-order valence-electron chi connectivity index (χ1n) is 3.61. The fourth-order valence-corrected chi connectivity index (χ4v) is 2.33. The Morgan fingerprint density at radius 3 is 2.92 bits per heavy atom. The van der Waals surface area contributed by atoms with Crippen LogP contribution >= 0.6 is 11.8 Å². The lowest BCUT2D eigenvalue weighted by Crippen LogP contribution is -2.96. The van der Waals surface area contributed by atoms with Gasteiger partial charge in [-0.15, -0.1) is 0 Å². The van der Waals surface area contributed by atoms with Gasteiger partial charge < -0.3 is 25.4 Å². The summed E-state index contributed by atoms with van der Waals surface area (Å²) in [5, 5.41) is 29.3. The van der Waals surface area contributed by atoms with Crippen molar-refractivity contribution in [1.29, 1.82) is 0 Å². The van der Waals surface area contributed by atoms with Gasteiger partial charge >= 0.3 is 0 Å². The SMILES string of the molecule is O=C([O-])[C@@H]1CS[C@H]([C@H](O)CO)[NH2+]1. The second-order valence-electron chi connectivity index (χ2n) is 2.67. The third kappa shape index (κ3) is 2.10. The van der Waals surface area contributed by atoms with E-state index in [0.717, 1.165) is 0 Å². The Bertz CT molecular complexity index is 177. The molecule has 4 N–H and O–H groups in total. The van der Waals surface area contributed by atoms with E-state index in [1.807, 2.05) is 0 Å². The molecule has 1 rings (SSSR count). The number of rotatable bonds is 3. The zero-order chi connectivity index (χ0) is 9.14. The van der Waals surface area contributed by atoms with Crippen LogP contribution < -0.4 is 10.4 Å². The predicted octanol–water partition coefficient (Wildman–Crippen LogP) is -3.91. The van der Waals surface area contributed by atoms with Gasteiger partial charge in [-0.25, -0.2) is 0 Å². The van der Waals surface area contributed by atoms with E-state index in [1.165, 1.54) is 17.1 Å². The molecule has 3 atom stereocenters. The lowest BCUT2D eigenvalue weighted by Gasteiger charge is -2.13. The molecule has 0 aliphatic carbocycles. The Balaban J connectivity index is 2.40. The zero-order valence-electron chi connectivity index (χ0n) is 6.34. The minimum atomic E-state index is -1.12. The van der Waals surface area contributed by atoms with E-state index in [0.29, 0.717) is 5.75 Å². The van der Waals surface area contributed by atoms with Crippen LogP contribution in [-0.4, -0.2) is 46.1 Å². The van der Waals surface area contributed by atoms with Gasteiger partial charge in [0.2, 0.25) is 0 Å². The molecule has 0 aromatic carbocycles. The molecule has 0 aromatic rings. The Labute approximate surface area is 73.8 Å². The number of carbonyl (C=O) groups is 1. The highest BCUT2D eigenvalue weighted by molar-refractivity contribution is 8.00. The predicted molar refractivity (Wildman–Crippen MR) is 40.1 cm³/mol. The Hall–Kier alpha value is -0.300. The Morgan fingerprint density at radius 2 is 2.50 bits per heavy atom. The standard InChI is InChI=1S/C6H11NO4S/c8-1-4(9)5-7-3(2-12-5)6(10)11/h3-5,7-9H,1-2H2,(H,10,11)/t3-,4+,5+/m0/s1. The highest BCUT2D eigenvalue weighted by Crippen LogP contribution is 2.14. The summed E-state index contributed by atoms with van der Waals surface area (Å²) in [7, 11) is 0. The number of aliphatic carboxylic acids is 1. The molecule has 6 heteroatoms. The van der Waals surface area contributed by atoms with Crippen molar-refractivity contribution in [3.8, 4) is 0 Å². The maximum absolute atomic E-state index is 10.4. The van der Waals surface area contributed by atoms with Crippen molar-refractivity contribution < 1.29 is 25.4 Å². The van der Waals surface area contributed by atoms with Crippen molar-refractivity contribution in [2.45, 2.75) is 17.5 Å². The molecular formula is C6H11NO4S. The van der Waals surface area contributed by atoms with Crippen molar-refractivity contribution in [2.75, 3.05) is 12.4 Å². The van der Waals surface area contributed by atoms with Crippen LogP contribution in [0.5, 0.6) is 0 Å². The van der Waals surface area contributed by atoms with Gasteiger partial charge in [-0.2, -0.15) is 0 Å².